The molecule has 0 bridgehead atoms. The molecule has 0 aromatic heterocycles. The number of Topliss-reactive ketones (excluding diaryl/α,β-unsaturated/α-hetero) is 1. The molecule has 0 heterocycles. The third-order valence-corrected chi connectivity index (χ3v) is 3.51. The molecule has 0 aliphatic rings. The summed E-state index contributed by atoms with van der Waals surface area (Å²) in [6, 6.07) is 20.9. The number of ketones is 1. The summed E-state index contributed by atoms with van der Waals surface area (Å²) in [7, 11) is 0. The molecule has 0 saturated heterocycles. The zero-order valence-electron chi connectivity index (χ0n) is 11.4. The van der Waals surface area contributed by atoms with Gasteiger partial charge in [-0.25, -0.2) is 0 Å². The Morgan fingerprint density at radius 2 is 1.37 bits per heavy atom. The first kappa shape index (κ1) is 13.5. The average molecular weight is 252 g/mol. The lowest BCUT2D eigenvalue weighted by atomic mass is 9.87. The van der Waals surface area contributed by atoms with E-state index < -0.39 is 0 Å². The number of rotatable bonds is 6. The van der Waals surface area contributed by atoms with Gasteiger partial charge in [-0.3, -0.25) is 4.79 Å². The highest BCUT2D eigenvalue weighted by Gasteiger charge is 2.14. The SMILES string of the molecule is CCC(=O)CCC(c1ccccc1)c1ccccc1. The minimum atomic E-state index is 0.317. The van der Waals surface area contributed by atoms with Gasteiger partial charge in [-0.05, 0) is 17.5 Å². The van der Waals surface area contributed by atoms with E-state index >= 15 is 0 Å². The molecule has 0 fully saturated rings. The lowest BCUT2D eigenvalue weighted by Gasteiger charge is -2.17. The van der Waals surface area contributed by atoms with Crippen LogP contribution in [0.2, 0.25) is 0 Å². The number of carbonyl (C=O) groups is 1. The Morgan fingerprint density at radius 1 is 0.895 bits per heavy atom. The Kier molecular flexibility index (Phi) is 4.91. The van der Waals surface area contributed by atoms with Gasteiger partial charge in [-0.15, -0.1) is 0 Å². The van der Waals surface area contributed by atoms with Crippen molar-refractivity contribution in [1.82, 2.24) is 0 Å². The van der Waals surface area contributed by atoms with Crippen LogP contribution in [-0.2, 0) is 4.79 Å². The summed E-state index contributed by atoms with van der Waals surface area (Å²) in [5, 5.41) is 0. The summed E-state index contributed by atoms with van der Waals surface area (Å²) in [5.74, 6) is 0.662. The fourth-order valence-electron chi connectivity index (χ4n) is 2.38. The molecule has 19 heavy (non-hydrogen) atoms. The number of hydrogen-bond donors (Lipinski definition) is 0. The van der Waals surface area contributed by atoms with Crippen molar-refractivity contribution in [2.24, 2.45) is 0 Å². The summed E-state index contributed by atoms with van der Waals surface area (Å²) in [5.41, 5.74) is 2.58. The van der Waals surface area contributed by atoms with Gasteiger partial charge in [0.05, 0.1) is 0 Å². The van der Waals surface area contributed by atoms with Crippen molar-refractivity contribution in [3.05, 3.63) is 71.8 Å². The quantitative estimate of drug-likeness (QED) is 0.735. The van der Waals surface area contributed by atoms with E-state index in [1.807, 2.05) is 19.1 Å². The van der Waals surface area contributed by atoms with Gasteiger partial charge in [0.15, 0.2) is 0 Å². The third kappa shape index (κ3) is 3.78. The van der Waals surface area contributed by atoms with Gasteiger partial charge in [0.25, 0.3) is 0 Å². The highest BCUT2D eigenvalue weighted by atomic mass is 16.1. The van der Waals surface area contributed by atoms with Crippen LogP contribution in [0.25, 0.3) is 0 Å². The Hall–Kier alpha value is -1.89. The van der Waals surface area contributed by atoms with E-state index in [0.717, 1.165) is 6.42 Å². The van der Waals surface area contributed by atoms with Crippen LogP contribution in [0, 0.1) is 0 Å². The Morgan fingerprint density at radius 3 is 1.79 bits per heavy atom. The number of carbonyl (C=O) groups excluding carboxylic acids is 1. The molecule has 1 nitrogen and oxygen atoms in total. The van der Waals surface area contributed by atoms with Crippen molar-refractivity contribution in [2.45, 2.75) is 32.1 Å². The van der Waals surface area contributed by atoms with Crippen LogP contribution in [0.4, 0.5) is 0 Å². The molecule has 0 saturated carbocycles. The largest absolute Gasteiger partial charge is 0.300 e. The van der Waals surface area contributed by atoms with Crippen LogP contribution in [0.1, 0.15) is 43.2 Å². The third-order valence-electron chi connectivity index (χ3n) is 3.51. The van der Waals surface area contributed by atoms with Crippen molar-refractivity contribution in [2.75, 3.05) is 0 Å². The fourth-order valence-corrected chi connectivity index (χ4v) is 2.38. The maximum atomic E-state index is 11.6. The summed E-state index contributed by atoms with van der Waals surface area (Å²) in [6.07, 6.45) is 2.18. The monoisotopic (exact) mass is 252 g/mol. The van der Waals surface area contributed by atoms with Crippen LogP contribution in [0.15, 0.2) is 60.7 Å². The molecule has 0 unspecified atom stereocenters. The van der Waals surface area contributed by atoms with Crippen molar-refractivity contribution < 1.29 is 4.79 Å². The minimum absolute atomic E-state index is 0.317. The maximum Gasteiger partial charge on any atom is 0.132 e. The van der Waals surface area contributed by atoms with Crippen LogP contribution in [0.5, 0.6) is 0 Å². The van der Waals surface area contributed by atoms with E-state index in [2.05, 4.69) is 48.5 Å². The highest BCUT2D eigenvalue weighted by Crippen LogP contribution is 2.29. The number of hydrogen-bond acceptors (Lipinski definition) is 1. The van der Waals surface area contributed by atoms with E-state index in [1.165, 1.54) is 11.1 Å². The van der Waals surface area contributed by atoms with E-state index in [9.17, 15) is 4.79 Å². The van der Waals surface area contributed by atoms with Gasteiger partial charge < -0.3 is 0 Å². The smallest absolute Gasteiger partial charge is 0.132 e. The van der Waals surface area contributed by atoms with Gasteiger partial charge in [0, 0.05) is 18.8 Å². The molecular formula is C18H20O. The summed E-state index contributed by atoms with van der Waals surface area (Å²) in [4.78, 5) is 11.6. The van der Waals surface area contributed by atoms with Crippen molar-refractivity contribution >= 4 is 5.78 Å². The first-order valence-electron chi connectivity index (χ1n) is 6.93. The molecule has 0 N–H and O–H groups in total. The lowest BCUT2D eigenvalue weighted by Crippen LogP contribution is -2.05. The van der Waals surface area contributed by atoms with Crippen molar-refractivity contribution in [3.8, 4) is 0 Å². The van der Waals surface area contributed by atoms with E-state index in [-0.39, 0.29) is 0 Å². The van der Waals surface area contributed by atoms with E-state index in [1.54, 1.807) is 0 Å². The fraction of sp³-hybridized carbons (Fsp3) is 0.278. The van der Waals surface area contributed by atoms with Crippen LogP contribution >= 0.6 is 0 Å². The average Bonchev–Trinajstić information content (AvgIpc) is 2.49. The molecule has 2 aromatic carbocycles. The van der Waals surface area contributed by atoms with Gasteiger partial charge >= 0.3 is 0 Å². The molecule has 2 rings (SSSR count). The summed E-state index contributed by atoms with van der Waals surface area (Å²) in [6.45, 7) is 1.93. The van der Waals surface area contributed by atoms with Crippen LogP contribution in [-0.4, -0.2) is 5.78 Å². The predicted molar refractivity (Wildman–Crippen MR) is 79.3 cm³/mol. The molecule has 2 aromatic rings. The molecule has 0 aliphatic carbocycles. The molecule has 1 heteroatoms. The Labute approximate surface area is 115 Å². The zero-order chi connectivity index (χ0) is 13.5. The molecule has 0 atom stereocenters. The normalized spacial score (nSPS) is 10.6. The van der Waals surface area contributed by atoms with Gasteiger partial charge in [-0.2, -0.15) is 0 Å². The van der Waals surface area contributed by atoms with E-state index in [0.29, 0.717) is 24.5 Å². The molecule has 0 aliphatic heterocycles. The number of benzene rings is 2. The zero-order valence-corrected chi connectivity index (χ0v) is 11.4. The predicted octanol–water partition coefficient (Wildman–Crippen LogP) is 4.58. The van der Waals surface area contributed by atoms with Gasteiger partial charge in [0.1, 0.15) is 5.78 Å². The Balaban J connectivity index is 2.21. The highest BCUT2D eigenvalue weighted by molar-refractivity contribution is 5.78. The second kappa shape index (κ2) is 6.89. The molecule has 0 spiro atoms. The second-order valence-corrected chi connectivity index (χ2v) is 4.80. The minimum Gasteiger partial charge on any atom is -0.300 e. The molecule has 0 amide bonds. The summed E-state index contributed by atoms with van der Waals surface area (Å²) >= 11 is 0. The van der Waals surface area contributed by atoms with E-state index in [4.69, 9.17) is 0 Å². The molecule has 98 valence electrons. The van der Waals surface area contributed by atoms with Crippen LogP contribution < -0.4 is 0 Å². The maximum absolute atomic E-state index is 11.6. The van der Waals surface area contributed by atoms with Gasteiger partial charge in [-0.1, -0.05) is 67.6 Å². The molecule has 0 radical (unpaired) electrons. The van der Waals surface area contributed by atoms with Crippen molar-refractivity contribution in [3.63, 3.8) is 0 Å². The Bertz CT molecular complexity index is 462. The standard InChI is InChI=1S/C18H20O/c1-2-17(19)13-14-18(15-9-5-3-6-10-15)16-11-7-4-8-12-16/h3-12,18H,2,13-14H2,1H3. The second-order valence-electron chi connectivity index (χ2n) is 4.80. The lowest BCUT2D eigenvalue weighted by molar-refractivity contribution is -0.118. The topological polar surface area (TPSA) is 17.1 Å². The first-order valence-corrected chi connectivity index (χ1v) is 6.93. The summed E-state index contributed by atoms with van der Waals surface area (Å²) < 4.78 is 0. The van der Waals surface area contributed by atoms with Gasteiger partial charge in [0.2, 0.25) is 0 Å². The van der Waals surface area contributed by atoms with Crippen LogP contribution in [0.3, 0.4) is 0 Å². The first-order chi connectivity index (χ1) is 9.31. The molecular weight excluding hydrogens is 232 g/mol. The van der Waals surface area contributed by atoms with Crippen molar-refractivity contribution in [1.29, 1.82) is 0 Å².